The van der Waals surface area contributed by atoms with Crippen LogP contribution in [0.15, 0.2) is 27.8 Å². The molecule has 0 radical (unpaired) electrons. The third-order valence-electron chi connectivity index (χ3n) is 4.65. The SMILES string of the molecule is CCNC(=O)C(C)(C)CN=C(NCCc1ccco1)NCCN1CCOCC1.I. The highest BCUT2D eigenvalue weighted by Crippen LogP contribution is 2.15. The number of morpholine rings is 1. The molecule has 8 nitrogen and oxygen atoms in total. The predicted molar refractivity (Wildman–Crippen MR) is 126 cm³/mol. The van der Waals surface area contributed by atoms with E-state index < -0.39 is 5.41 Å². The van der Waals surface area contributed by atoms with Gasteiger partial charge in [-0.15, -0.1) is 24.0 Å². The summed E-state index contributed by atoms with van der Waals surface area (Å²) in [7, 11) is 0. The number of halogens is 1. The van der Waals surface area contributed by atoms with Gasteiger partial charge >= 0.3 is 0 Å². The summed E-state index contributed by atoms with van der Waals surface area (Å²) in [5.41, 5.74) is -0.560. The lowest BCUT2D eigenvalue weighted by molar-refractivity contribution is -0.128. The average Bonchev–Trinajstić information content (AvgIpc) is 3.20. The number of nitrogens with zero attached hydrogens (tertiary/aromatic N) is 2. The Balaban J connectivity index is 0.00000420. The van der Waals surface area contributed by atoms with Crippen LogP contribution in [0, 0.1) is 5.41 Å². The largest absolute Gasteiger partial charge is 0.469 e. The topological polar surface area (TPSA) is 91.1 Å². The monoisotopic (exact) mass is 521 g/mol. The Kier molecular flexibility index (Phi) is 12.2. The predicted octanol–water partition coefficient (Wildman–Crippen LogP) is 1.47. The van der Waals surface area contributed by atoms with Crippen molar-refractivity contribution in [2.45, 2.75) is 27.2 Å². The second-order valence-electron chi connectivity index (χ2n) is 7.55. The molecule has 166 valence electrons. The van der Waals surface area contributed by atoms with Crippen molar-refractivity contribution in [1.82, 2.24) is 20.9 Å². The van der Waals surface area contributed by atoms with Crippen LogP contribution in [-0.4, -0.2) is 75.8 Å². The number of hydrogen-bond donors (Lipinski definition) is 3. The first-order valence-electron chi connectivity index (χ1n) is 10.1. The fourth-order valence-corrected chi connectivity index (χ4v) is 2.84. The lowest BCUT2D eigenvalue weighted by atomic mass is 9.92. The van der Waals surface area contributed by atoms with E-state index in [-0.39, 0.29) is 29.9 Å². The Morgan fingerprint density at radius 3 is 2.59 bits per heavy atom. The van der Waals surface area contributed by atoms with E-state index in [4.69, 9.17) is 9.15 Å². The van der Waals surface area contributed by atoms with Gasteiger partial charge in [-0.1, -0.05) is 0 Å². The second-order valence-corrected chi connectivity index (χ2v) is 7.55. The van der Waals surface area contributed by atoms with Crippen molar-refractivity contribution in [2.24, 2.45) is 10.4 Å². The van der Waals surface area contributed by atoms with Gasteiger partial charge in [-0.3, -0.25) is 14.7 Å². The van der Waals surface area contributed by atoms with Gasteiger partial charge in [0.1, 0.15) is 5.76 Å². The Labute approximate surface area is 191 Å². The number of rotatable bonds is 10. The summed E-state index contributed by atoms with van der Waals surface area (Å²) >= 11 is 0. The molecule has 0 saturated carbocycles. The number of carbonyl (C=O) groups is 1. The summed E-state index contributed by atoms with van der Waals surface area (Å²) in [6, 6.07) is 3.85. The fraction of sp³-hybridized carbons (Fsp3) is 0.700. The summed E-state index contributed by atoms with van der Waals surface area (Å²) in [4.78, 5) is 19.2. The molecular formula is C20H36IN5O3. The van der Waals surface area contributed by atoms with E-state index >= 15 is 0 Å². The van der Waals surface area contributed by atoms with Crippen molar-refractivity contribution in [3.05, 3.63) is 24.2 Å². The smallest absolute Gasteiger partial charge is 0.227 e. The zero-order valence-electron chi connectivity index (χ0n) is 17.8. The van der Waals surface area contributed by atoms with Crippen LogP contribution in [-0.2, 0) is 16.0 Å². The van der Waals surface area contributed by atoms with E-state index in [0.29, 0.717) is 19.6 Å². The van der Waals surface area contributed by atoms with E-state index in [2.05, 4.69) is 25.8 Å². The molecular weight excluding hydrogens is 485 g/mol. The molecule has 1 aromatic heterocycles. The molecule has 0 spiro atoms. The van der Waals surface area contributed by atoms with Gasteiger partial charge < -0.3 is 25.1 Å². The van der Waals surface area contributed by atoms with Gasteiger partial charge in [0.2, 0.25) is 5.91 Å². The number of carbonyl (C=O) groups excluding carboxylic acids is 1. The van der Waals surface area contributed by atoms with Crippen LogP contribution >= 0.6 is 24.0 Å². The second kappa shape index (κ2) is 13.8. The Morgan fingerprint density at radius 1 is 1.21 bits per heavy atom. The number of nitrogens with one attached hydrogen (secondary N) is 3. The molecule has 3 N–H and O–H groups in total. The molecule has 2 rings (SSSR count). The number of guanidine groups is 1. The summed E-state index contributed by atoms with van der Waals surface area (Å²) < 4.78 is 10.8. The third kappa shape index (κ3) is 9.81. The van der Waals surface area contributed by atoms with Gasteiger partial charge in [-0.2, -0.15) is 0 Å². The zero-order chi connectivity index (χ0) is 20.2. The van der Waals surface area contributed by atoms with Crippen molar-refractivity contribution >= 4 is 35.8 Å². The molecule has 29 heavy (non-hydrogen) atoms. The molecule has 1 aromatic rings. The Morgan fingerprint density at radius 2 is 1.93 bits per heavy atom. The van der Waals surface area contributed by atoms with Gasteiger partial charge in [0.05, 0.1) is 31.4 Å². The normalized spacial score (nSPS) is 15.5. The van der Waals surface area contributed by atoms with Crippen molar-refractivity contribution in [3.8, 4) is 0 Å². The molecule has 0 aliphatic carbocycles. The fourth-order valence-electron chi connectivity index (χ4n) is 2.84. The average molecular weight is 521 g/mol. The van der Waals surface area contributed by atoms with Crippen LogP contribution in [0.25, 0.3) is 0 Å². The van der Waals surface area contributed by atoms with Crippen molar-refractivity contribution in [1.29, 1.82) is 0 Å². The third-order valence-corrected chi connectivity index (χ3v) is 4.65. The molecule has 1 saturated heterocycles. The lowest BCUT2D eigenvalue weighted by Gasteiger charge is -2.27. The molecule has 0 atom stereocenters. The minimum atomic E-state index is -0.560. The van der Waals surface area contributed by atoms with Crippen LogP contribution in [0.2, 0.25) is 0 Å². The van der Waals surface area contributed by atoms with Gasteiger partial charge in [-0.05, 0) is 32.9 Å². The highest BCUT2D eigenvalue weighted by atomic mass is 127. The Hall–Kier alpha value is -1.33. The Bertz CT molecular complexity index is 601. The van der Waals surface area contributed by atoms with Gasteiger partial charge in [0.25, 0.3) is 0 Å². The maximum absolute atomic E-state index is 12.2. The molecule has 0 aromatic carbocycles. The van der Waals surface area contributed by atoms with E-state index in [1.165, 1.54) is 0 Å². The lowest BCUT2D eigenvalue weighted by Crippen LogP contribution is -2.45. The maximum Gasteiger partial charge on any atom is 0.227 e. The van der Waals surface area contributed by atoms with E-state index in [1.54, 1.807) is 6.26 Å². The van der Waals surface area contributed by atoms with Crippen LogP contribution in [0.3, 0.4) is 0 Å². The molecule has 2 heterocycles. The molecule has 0 unspecified atom stereocenters. The summed E-state index contributed by atoms with van der Waals surface area (Å²) in [5, 5.41) is 9.61. The van der Waals surface area contributed by atoms with E-state index in [9.17, 15) is 4.79 Å². The minimum Gasteiger partial charge on any atom is -0.469 e. The van der Waals surface area contributed by atoms with Crippen molar-refractivity contribution in [2.75, 3.05) is 59.0 Å². The first-order valence-corrected chi connectivity index (χ1v) is 10.1. The first-order chi connectivity index (χ1) is 13.5. The van der Waals surface area contributed by atoms with Crippen LogP contribution in [0.1, 0.15) is 26.5 Å². The molecule has 0 bridgehead atoms. The molecule has 9 heteroatoms. The maximum atomic E-state index is 12.2. The van der Waals surface area contributed by atoms with E-state index in [1.807, 2.05) is 32.9 Å². The minimum absolute atomic E-state index is 0. The number of hydrogen-bond acceptors (Lipinski definition) is 5. The molecule has 1 amide bonds. The summed E-state index contributed by atoms with van der Waals surface area (Å²) in [5.74, 6) is 1.67. The molecule has 1 aliphatic heterocycles. The summed E-state index contributed by atoms with van der Waals surface area (Å²) in [6.07, 6.45) is 2.46. The van der Waals surface area contributed by atoms with Crippen LogP contribution in [0.4, 0.5) is 0 Å². The van der Waals surface area contributed by atoms with Crippen LogP contribution in [0.5, 0.6) is 0 Å². The van der Waals surface area contributed by atoms with Gasteiger partial charge in [0.15, 0.2) is 5.96 Å². The van der Waals surface area contributed by atoms with Gasteiger partial charge in [0, 0.05) is 45.7 Å². The molecule has 1 fully saturated rings. The van der Waals surface area contributed by atoms with Gasteiger partial charge in [-0.25, -0.2) is 0 Å². The highest BCUT2D eigenvalue weighted by Gasteiger charge is 2.26. The quantitative estimate of drug-likeness (QED) is 0.246. The number of ether oxygens (including phenoxy) is 1. The molecule has 1 aliphatic rings. The first kappa shape index (κ1) is 25.7. The summed E-state index contributed by atoms with van der Waals surface area (Å²) in [6.45, 7) is 12.7. The van der Waals surface area contributed by atoms with E-state index in [0.717, 1.165) is 57.5 Å². The van der Waals surface area contributed by atoms with Crippen molar-refractivity contribution in [3.63, 3.8) is 0 Å². The van der Waals surface area contributed by atoms with Crippen LogP contribution < -0.4 is 16.0 Å². The zero-order valence-corrected chi connectivity index (χ0v) is 20.2. The number of furan rings is 1. The number of amides is 1. The highest BCUT2D eigenvalue weighted by molar-refractivity contribution is 14.0. The standard InChI is InChI=1S/C20H35N5O3.HI/c1-4-21-18(26)20(2,3)16-24-19(22-8-7-17-6-5-13-28-17)23-9-10-25-11-14-27-15-12-25;/h5-6,13H,4,7-12,14-16H2,1-3H3,(H,21,26)(H2,22,23,24);1H. The number of aliphatic imine (C=N–C) groups is 1. The van der Waals surface area contributed by atoms with Crippen molar-refractivity contribution < 1.29 is 13.9 Å².